The number of hydrogen-bond donors (Lipinski definition) is 5. The molecular weight excluding hydrogens is 614 g/mol. The van der Waals surface area contributed by atoms with E-state index < -0.39 is 0 Å². The van der Waals surface area contributed by atoms with E-state index in [4.69, 9.17) is 0 Å². The molecule has 49 heavy (non-hydrogen) atoms. The van der Waals surface area contributed by atoms with Crippen molar-refractivity contribution in [1.82, 2.24) is 15.1 Å². The van der Waals surface area contributed by atoms with Gasteiger partial charge >= 0.3 is 0 Å². The Morgan fingerprint density at radius 2 is 0.776 bits per heavy atom. The van der Waals surface area contributed by atoms with E-state index in [9.17, 15) is 25.2 Å². The molecule has 5 N–H and O–H groups in total. The number of nitrogens with zero attached hydrogens (tertiary/aromatic N) is 2. The van der Waals surface area contributed by atoms with Gasteiger partial charge in [-0.05, 0) is 64.5 Å². The van der Waals surface area contributed by atoms with Crippen molar-refractivity contribution in [3.05, 3.63) is 0 Å². The first-order valence-electron chi connectivity index (χ1n) is 21.2. The fraction of sp³-hybridized carbons (Fsp3) is 0.976. The SMILES string of the molecule is CCCCCCC(O)CN(CCCCNC(=O)CCCCN(CC(O)CCCCCC)CC(O)CCCCCC)CC(O)CCCCCC. The lowest BCUT2D eigenvalue weighted by molar-refractivity contribution is -0.121. The predicted octanol–water partition coefficient (Wildman–Crippen LogP) is 7.98. The second kappa shape index (κ2) is 35.6. The number of carbonyl (C=O) groups excluding carboxylic acids is 1. The van der Waals surface area contributed by atoms with Crippen LogP contribution in [0.1, 0.15) is 188 Å². The molecule has 0 radical (unpaired) electrons. The topological polar surface area (TPSA) is 117 Å². The molecule has 0 aromatic heterocycles. The molecule has 0 saturated heterocycles. The van der Waals surface area contributed by atoms with Crippen LogP contribution in [-0.4, -0.2) is 106 Å². The maximum atomic E-state index is 12.6. The highest BCUT2D eigenvalue weighted by atomic mass is 16.3. The average molecular weight is 700 g/mol. The molecule has 0 heterocycles. The quantitative estimate of drug-likeness (QED) is 0.0415. The Morgan fingerprint density at radius 3 is 1.10 bits per heavy atom. The number of nitrogens with one attached hydrogen (secondary N) is 1. The molecule has 0 aliphatic heterocycles. The smallest absolute Gasteiger partial charge is 0.219 e. The summed E-state index contributed by atoms with van der Waals surface area (Å²) >= 11 is 0. The zero-order valence-corrected chi connectivity index (χ0v) is 33.0. The van der Waals surface area contributed by atoms with E-state index in [1.165, 1.54) is 51.4 Å². The summed E-state index contributed by atoms with van der Waals surface area (Å²) in [6.45, 7) is 13.4. The molecule has 0 fully saturated rings. The van der Waals surface area contributed by atoms with Crippen LogP contribution < -0.4 is 5.32 Å². The van der Waals surface area contributed by atoms with E-state index in [1.807, 2.05) is 0 Å². The van der Waals surface area contributed by atoms with Crippen molar-refractivity contribution in [3.63, 3.8) is 0 Å². The summed E-state index contributed by atoms with van der Waals surface area (Å²) in [5.74, 6) is 0.0836. The monoisotopic (exact) mass is 700 g/mol. The van der Waals surface area contributed by atoms with Crippen LogP contribution in [0.5, 0.6) is 0 Å². The summed E-state index contributed by atoms with van der Waals surface area (Å²) in [4.78, 5) is 17.0. The molecule has 8 heteroatoms. The number of aliphatic hydroxyl groups excluding tert-OH is 4. The predicted molar refractivity (Wildman–Crippen MR) is 208 cm³/mol. The zero-order chi connectivity index (χ0) is 36.4. The van der Waals surface area contributed by atoms with E-state index in [0.29, 0.717) is 39.1 Å². The normalized spacial score (nSPS) is 14.4. The van der Waals surface area contributed by atoms with E-state index in [0.717, 1.165) is 116 Å². The van der Waals surface area contributed by atoms with Crippen molar-refractivity contribution in [1.29, 1.82) is 0 Å². The Hall–Kier alpha value is -0.770. The molecule has 8 nitrogen and oxygen atoms in total. The number of aliphatic hydroxyl groups is 4. The van der Waals surface area contributed by atoms with Gasteiger partial charge in [0.25, 0.3) is 0 Å². The van der Waals surface area contributed by atoms with E-state index >= 15 is 0 Å². The Morgan fingerprint density at radius 1 is 0.449 bits per heavy atom. The van der Waals surface area contributed by atoms with Crippen molar-refractivity contribution in [2.24, 2.45) is 0 Å². The fourth-order valence-corrected chi connectivity index (χ4v) is 6.70. The Balaban J connectivity index is 4.56. The average Bonchev–Trinajstić information content (AvgIpc) is 3.07. The second-order valence-electron chi connectivity index (χ2n) is 15.0. The van der Waals surface area contributed by atoms with Crippen LogP contribution in [0.25, 0.3) is 0 Å². The Labute approximate surface area is 304 Å². The molecule has 0 spiro atoms. The minimum absolute atomic E-state index is 0.0836. The first kappa shape index (κ1) is 48.2. The van der Waals surface area contributed by atoms with Gasteiger partial charge in [-0.1, -0.05) is 130 Å². The molecular formula is C41H85N3O5. The first-order valence-corrected chi connectivity index (χ1v) is 21.2. The van der Waals surface area contributed by atoms with Gasteiger partial charge in [-0.2, -0.15) is 0 Å². The molecule has 0 aromatic carbocycles. The van der Waals surface area contributed by atoms with Gasteiger partial charge in [-0.3, -0.25) is 14.6 Å². The van der Waals surface area contributed by atoms with Gasteiger partial charge in [0.05, 0.1) is 24.4 Å². The number of rotatable bonds is 38. The second-order valence-corrected chi connectivity index (χ2v) is 15.0. The third-order valence-corrected chi connectivity index (χ3v) is 9.79. The molecule has 0 aliphatic carbocycles. The third-order valence-electron chi connectivity index (χ3n) is 9.79. The molecule has 294 valence electrons. The highest BCUT2D eigenvalue weighted by Crippen LogP contribution is 2.13. The molecule has 0 rings (SSSR count). The van der Waals surface area contributed by atoms with Crippen molar-refractivity contribution >= 4 is 5.91 Å². The minimum atomic E-state index is -0.369. The standard InChI is InChI=1S/C41H85N3O5/c1-5-9-13-17-25-37(45)33-43(34-38(46)26-18-14-10-6-2)31-23-21-29-41(49)42-30-22-24-32-44(35-39(47)27-19-15-11-7-3)36-40(48)28-20-16-12-8-4/h37-40,45-48H,5-36H2,1-4H3,(H,42,49). The number of amides is 1. The van der Waals surface area contributed by atoms with Crippen LogP contribution in [0.3, 0.4) is 0 Å². The lowest BCUT2D eigenvalue weighted by Gasteiger charge is -2.27. The number of unbranched alkanes of at least 4 members (excludes halogenated alkanes) is 14. The highest BCUT2D eigenvalue weighted by molar-refractivity contribution is 5.75. The van der Waals surface area contributed by atoms with Gasteiger partial charge in [-0.15, -0.1) is 0 Å². The summed E-state index contributed by atoms with van der Waals surface area (Å²) in [6, 6.07) is 0. The molecule has 4 atom stereocenters. The Bertz CT molecular complexity index is 660. The van der Waals surface area contributed by atoms with Crippen LogP contribution in [0.15, 0.2) is 0 Å². The van der Waals surface area contributed by atoms with Crippen LogP contribution in [-0.2, 0) is 4.79 Å². The van der Waals surface area contributed by atoms with Crippen molar-refractivity contribution in [3.8, 4) is 0 Å². The number of carbonyl (C=O) groups is 1. The van der Waals surface area contributed by atoms with Gasteiger partial charge in [0, 0.05) is 39.1 Å². The molecule has 0 aliphatic rings. The van der Waals surface area contributed by atoms with E-state index in [-0.39, 0.29) is 30.3 Å². The highest BCUT2D eigenvalue weighted by Gasteiger charge is 2.17. The molecule has 1 amide bonds. The summed E-state index contributed by atoms with van der Waals surface area (Å²) in [7, 11) is 0. The van der Waals surface area contributed by atoms with E-state index in [2.05, 4.69) is 42.8 Å². The van der Waals surface area contributed by atoms with Gasteiger partial charge in [0.15, 0.2) is 0 Å². The summed E-state index contributed by atoms with van der Waals surface area (Å²) < 4.78 is 0. The first-order chi connectivity index (χ1) is 23.7. The lowest BCUT2D eigenvalue weighted by atomic mass is 10.1. The molecule has 0 saturated carbocycles. The maximum Gasteiger partial charge on any atom is 0.219 e. The van der Waals surface area contributed by atoms with Gasteiger partial charge < -0.3 is 25.7 Å². The van der Waals surface area contributed by atoms with Crippen LogP contribution in [0, 0.1) is 0 Å². The zero-order valence-electron chi connectivity index (χ0n) is 33.0. The van der Waals surface area contributed by atoms with Gasteiger partial charge in [-0.25, -0.2) is 0 Å². The molecule has 0 aromatic rings. The van der Waals surface area contributed by atoms with Crippen molar-refractivity contribution in [2.75, 3.05) is 45.8 Å². The summed E-state index contributed by atoms with van der Waals surface area (Å²) in [5.41, 5.74) is 0. The van der Waals surface area contributed by atoms with Crippen molar-refractivity contribution in [2.45, 2.75) is 213 Å². The number of hydrogen-bond acceptors (Lipinski definition) is 7. The largest absolute Gasteiger partial charge is 0.392 e. The van der Waals surface area contributed by atoms with E-state index in [1.54, 1.807) is 0 Å². The molecule has 4 unspecified atom stereocenters. The minimum Gasteiger partial charge on any atom is -0.392 e. The summed E-state index contributed by atoms with van der Waals surface area (Å²) in [5, 5.41) is 45.8. The lowest BCUT2D eigenvalue weighted by Crippen LogP contribution is -2.39. The maximum absolute atomic E-state index is 12.6. The molecule has 0 bridgehead atoms. The Kier molecular flexibility index (Phi) is 35.1. The van der Waals surface area contributed by atoms with Gasteiger partial charge in [0.1, 0.15) is 0 Å². The van der Waals surface area contributed by atoms with Crippen LogP contribution in [0.4, 0.5) is 0 Å². The third kappa shape index (κ3) is 32.9. The van der Waals surface area contributed by atoms with Crippen LogP contribution >= 0.6 is 0 Å². The van der Waals surface area contributed by atoms with Gasteiger partial charge in [0.2, 0.25) is 5.91 Å². The summed E-state index contributed by atoms with van der Waals surface area (Å²) in [6.07, 6.45) is 24.2. The fourth-order valence-electron chi connectivity index (χ4n) is 6.70. The van der Waals surface area contributed by atoms with Crippen molar-refractivity contribution < 1.29 is 25.2 Å². The van der Waals surface area contributed by atoms with Crippen LogP contribution in [0.2, 0.25) is 0 Å².